The fourth-order valence-electron chi connectivity index (χ4n) is 5.08. The first-order chi connectivity index (χ1) is 13.4. The van der Waals surface area contributed by atoms with Gasteiger partial charge in [0.15, 0.2) is 5.79 Å². The van der Waals surface area contributed by atoms with Gasteiger partial charge in [0.05, 0.1) is 25.4 Å². The standard InChI is InChI=1S/C23H37NO4/c1-6-22(7-2)18-23(26-16-20(28-23)15-25-5)17-21(3,4)24(22)27-14-13-19-11-9-8-10-12-19/h8-12,20H,6-7,13-18H2,1-5H3. The molecule has 2 aliphatic rings. The summed E-state index contributed by atoms with van der Waals surface area (Å²) in [5.74, 6) is -0.544. The van der Waals surface area contributed by atoms with Gasteiger partial charge in [0.1, 0.15) is 6.10 Å². The van der Waals surface area contributed by atoms with Crippen molar-refractivity contribution in [2.75, 3.05) is 26.9 Å². The highest BCUT2D eigenvalue weighted by molar-refractivity contribution is 5.14. The Balaban J connectivity index is 1.74. The second-order valence-corrected chi connectivity index (χ2v) is 8.88. The van der Waals surface area contributed by atoms with Gasteiger partial charge in [0.25, 0.3) is 0 Å². The van der Waals surface area contributed by atoms with Crippen LogP contribution in [0.3, 0.4) is 0 Å². The molecule has 1 aromatic carbocycles. The normalized spacial score (nSPS) is 29.4. The van der Waals surface area contributed by atoms with Crippen molar-refractivity contribution >= 4 is 0 Å². The Morgan fingerprint density at radius 2 is 1.82 bits per heavy atom. The first-order valence-electron chi connectivity index (χ1n) is 10.7. The van der Waals surface area contributed by atoms with E-state index in [0.717, 1.165) is 32.1 Å². The van der Waals surface area contributed by atoms with Gasteiger partial charge in [-0.25, -0.2) is 0 Å². The molecule has 0 amide bonds. The fraction of sp³-hybridized carbons (Fsp3) is 0.739. The van der Waals surface area contributed by atoms with E-state index in [1.807, 2.05) is 0 Å². The fourth-order valence-corrected chi connectivity index (χ4v) is 5.08. The quantitative estimate of drug-likeness (QED) is 0.659. The highest BCUT2D eigenvalue weighted by Crippen LogP contribution is 2.51. The Morgan fingerprint density at radius 1 is 1.11 bits per heavy atom. The lowest BCUT2D eigenvalue weighted by Gasteiger charge is -2.58. The van der Waals surface area contributed by atoms with Crippen molar-refractivity contribution in [1.82, 2.24) is 5.06 Å². The summed E-state index contributed by atoms with van der Waals surface area (Å²) in [5, 5.41) is 2.27. The van der Waals surface area contributed by atoms with Crippen LogP contribution in [-0.2, 0) is 25.5 Å². The molecule has 3 rings (SSSR count). The van der Waals surface area contributed by atoms with Gasteiger partial charge < -0.3 is 14.2 Å². The summed E-state index contributed by atoms with van der Waals surface area (Å²) in [6.07, 6.45) is 4.50. The molecule has 28 heavy (non-hydrogen) atoms. The van der Waals surface area contributed by atoms with Crippen molar-refractivity contribution in [3.05, 3.63) is 35.9 Å². The lowest BCUT2D eigenvalue weighted by Crippen LogP contribution is -2.67. The summed E-state index contributed by atoms with van der Waals surface area (Å²) in [5.41, 5.74) is 1.00. The largest absolute Gasteiger partial charge is 0.382 e. The van der Waals surface area contributed by atoms with E-state index in [-0.39, 0.29) is 17.2 Å². The van der Waals surface area contributed by atoms with Gasteiger partial charge in [-0.1, -0.05) is 44.2 Å². The second-order valence-electron chi connectivity index (χ2n) is 8.88. The van der Waals surface area contributed by atoms with Crippen molar-refractivity contribution in [1.29, 1.82) is 0 Å². The van der Waals surface area contributed by atoms with Crippen LogP contribution in [0.25, 0.3) is 0 Å². The molecule has 0 bridgehead atoms. The highest BCUT2D eigenvalue weighted by Gasteiger charge is 2.59. The smallest absolute Gasteiger partial charge is 0.172 e. The van der Waals surface area contributed by atoms with Crippen LogP contribution in [0.15, 0.2) is 30.3 Å². The minimum atomic E-state index is -0.544. The van der Waals surface area contributed by atoms with Crippen LogP contribution in [0.2, 0.25) is 0 Å². The van der Waals surface area contributed by atoms with Crippen LogP contribution >= 0.6 is 0 Å². The van der Waals surface area contributed by atoms with Crippen molar-refractivity contribution < 1.29 is 19.0 Å². The van der Waals surface area contributed by atoms with E-state index in [1.165, 1.54) is 5.56 Å². The Hall–Kier alpha value is -0.980. The molecule has 0 aromatic heterocycles. The molecule has 0 aliphatic carbocycles. The number of hydrogen-bond acceptors (Lipinski definition) is 5. The molecule has 1 aromatic rings. The Kier molecular flexibility index (Phi) is 6.83. The minimum Gasteiger partial charge on any atom is -0.382 e. The lowest BCUT2D eigenvalue weighted by atomic mass is 9.73. The first kappa shape index (κ1) is 21.7. The van der Waals surface area contributed by atoms with Gasteiger partial charge in [-0.05, 0) is 38.7 Å². The van der Waals surface area contributed by atoms with Crippen molar-refractivity contribution in [2.24, 2.45) is 0 Å². The molecule has 2 atom stereocenters. The van der Waals surface area contributed by atoms with Crippen molar-refractivity contribution in [3.8, 4) is 0 Å². The molecule has 2 unspecified atom stereocenters. The topological polar surface area (TPSA) is 40.2 Å². The number of hydrogen-bond donors (Lipinski definition) is 0. The van der Waals surface area contributed by atoms with Crippen molar-refractivity contribution in [2.45, 2.75) is 82.8 Å². The third-order valence-corrected chi connectivity index (χ3v) is 6.32. The summed E-state index contributed by atoms with van der Waals surface area (Å²) in [6.45, 7) is 10.8. The summed E-state index contributed by atoms with van der Waals surface area (Å²) in [6, 6.07) is 10.5. The molecule has 5 heteroatoms. The maximum atomic E-state index is 6.47. The van der Waals surface area contributed by atoms with E-state index in [1.54, 1.807) is 7.11 Å². The van der Waals surface area contributed by atoms with Gasteiger partial charge in [-0.3, -0.25) is 4.84 Å². The predicted octanol–water partition coefficient (Wildman–Crippen LogP) is 4.35. The van der Waals surface area contributed by atoms with E-state index in [4.69, 9.17) is 19.0 Å². The maximum Gasteiger partial charge on any atom is 0.172 e. The zero-order valence-electron chi connectivity index (χ0n) is 18.2. The summed E-state index contributed by atoms with van der Waals surface area (Å²) in [4.78, 5) is 6.47. The molecular formula is C23H37NO4. The molecule has 5 nitrogen and oxygen atoms in total. The zero-order valence-corrected chi connectivity index (χ0v) is 18.2. The van der Waals surface area contributed by atoms with Crippen LogP contribution in [0.1, 0.15) is 58.9 Å². The van der Waals surface area contributed by atoms with Crippen LogP contribution in [0.4, 0.5) is 0 Å². The Morgan fingerprint density at radius 3 is 2.46 bits per heavy atom. The number of nitrogens with zero attached hydrogens (tertiary/aromatic N) is 1. The molecule has 0 radical (unpaired) electrons. The van der Waals surface area contributed by atoms with Crippen LogP contribution in [0.5, 0.6) is 0 Å². The molecule has 2 aliphatic heterocycles. The number of rotatable bonds is 8. The predicted molar refractivity (Wildman–Crippen MR) is 110 cm³/mol. The molecule has 2 heterocycles. The van der Waals surface area contributed by atoms with Gasteiger partial charge in [-0.2, -0.15) is 5.06 Å². The van der Waals surface area contributed by atoms with Gasteiger partial charge in [0.2, 0.25) is 0 Å². The molecule has 2 saturated heterocycles. The van der Waals surface area contributed by atoms with E-state index in [9.17, 15) is 0 Å². The SMILES string of the molecule is CCC1(CC)CC2(CC(C)(C)N1OCCc1ccccc1)OCC(COC)O2. The first-order valence-corrected chi connectivity index (χ1v) is 10.7. The lowest BCUT2D eigenvalue weighted by molar-refractivity contribution is -0.346. The maximum absolute atomic E-state index is 6.47. The number of benzene rings is 1. The summed E-state index contributed by atoms with van der Waals surface area (Å²) < 4.78 is 18.0. The van der Waals surface area contributed by atoms with E-state index in [2.05, 4.69) is 63.1 Å². The Bertz CT molecular complexity index is 616. The Labute approximate surface area is 170 Å². The third-order valence-electron chi connectivity index (χ3n) is 6.32. The number of methoxy groups -OCH3 is 1. The number of hydroxylamine groups is 2. The number of ether oxygens (including phenoxy) is 3. The van der Waals surface area contributed by atoms with Gasteiger partial charge in [-0.15, -0.1) is 0 Å². The molecule has 158 valence electrons. The number of piperidine rings is 1. The molecule has 0 N–H and O–H groups in total. The van der Waals surface area contributed by atoms with E-state index < -0.39 is 5.79 Å². The van der Waals surface area contributed by atoms with E-state index >= 15 is 0 Å². The van der Waals surface area contributed by atoms with Gasteiger partial charge >= 0.3 is 0 Å². The summed E-state index contributed by atoms with van der Waals surface area (Å²) in [7, 11) is 1.71. The van der Waals surface area contributed by atoms with Crippen LogP contribution < -0.4 is 0 Å². The monoisotopic (exact) mass is 391 g/mol. The summed E-state index contributed by atoms with van der Waals surface area (Å²) >= 11 is 0. The molecule has 1 spiro atoms. The average molecular weight is 392 g/mol. The zero-order chi connectivity index (χ0) is 20.3. The van der Waals surface area contributed by atoms with Crippen LogP contribution in [0, 0.1) is 0 Å². The minimum absolute atomic E-state index is 0.0118. The molecular weight excluding hydrogens is 354 g/mol. The van der Waals surface area contributed by atoms with Gasteiger partial charge in [0, 0.05) is 25.5 Å². The third kappa shape index (κ3) is 4.44. The van der Waals surface area contributed by atoms with E-state index in [0.29, 0.717) is 19.8 Å². The van der Waals surface area contributed by atoms with Crippen molar-refractivity contribution in [3.63, 3.8) is 0 Å². The molecule has 0 saturated carbocycles. The second kappa shape index (κ2) is 8.80. The molecule has 2 fully saturated rings. The highest BCUT2D eigenvalue weighted by atomic mass is 16.8. The average Bonchev–Trinajstić information content (AvgIpc) is 3.05. The van der Waals surface area contributed by atoms with Crippen LogP contribution in [-0.4, -0.2) is 55.0 Å².